The summed E-state index contributed by atoms with van der Waals surface area (Å²) in [6, 6.07) is 10.4. The first-order chi connectivity index (χ1) is 10.5. The smallest absolute Gasteiger partial charge is 0.279 e. The van der Waals surface area contributed by atoms with Gasteiger partial charge < -0.3 is 5.32 Å². The van der Waals surface area contributed by atoms with Gasteiger partial charge in [0.05, 0.1) is 11.3 Å². The van der Waals surface area contributed by atoms with Crippen LogP contribution < -0.4 is 16.2 Å². The molecule has 0 fully saturated rings. The molecule has 0 aliphatic carbocycles. The van der Waals surface area contributed by atoms with Crippen LogP contribution in [0.4, 0.5) is 0 Å². The zero-order valence-corrected chi connectivity index (χ0v) is 13.6. The van der Waals surface area contributed by atoms with Crippen LogP contribution in [0.5, 0.6) is 0 Å². The van der Waals surface area contributed by atoms with E-state index in [1.165, 1.54) is 11.3 Å². The fourth-order valence-corrected chi connectivity index (χ4v) is 2.48. The predicted molar refractivity (Wildman–Crippen MR) is 90.8 cm³/mol. The molecule has 0 unspecified atom stereocenters. The van der Waals surface area contributed by atoms with Crippen LogP contribution in [0.1, 0.15) is 15.2 Å². The van der Waals surface area contributed by atoms with Crippen molar-refractivity contribution in [1.82, 2.24) is 16.2 Å². The summed E-state index contributed by atoms with van der Waals surface area (Å²) in [4.78, 5) is 24.0. The number of thiophene rings is 1. The number of carbonyl (C=O) groups is 2. The molecule has 1 aromatic heterocycles. The quantitative estimate of drug-likeness (QED) is 0.585. The molecule has 0 radical (unpaired) electrons. The van der Waals surface area contributed by atoms with E-state index >= 15 is 0 Å². The molecule has 0 aliphatic heterocycles. The Morgan fingerprint density at radius 3 is 2.50 bits per heavy atom. The Bertz CT molecular complexity index is 672. The number of thiocarbonyl (C=S) groups is 1. The number of benzene rings is 1. The zero-order valence-electron chi connectivity index (χ0n) is 11.3. The van der Waals surface area contributed by atoms with E-state index < -0.39 is 0 Å². The van der Waals surface area contributed by atoms with Crippen molar-refractivity contribution in [3.63, 3.8) is 0 Å². The lowest BCUT2D eigenvalue weighted by Crippen LogP contribution is -2.48. The molecule has 1 aromatic carbocycles. The fourth-order valence-electron chi connectivity index (χ4n) is 1.57. The summed E-state index contributed by atoms with van der Waals surface area (Å²) in [5.74, 6) is -0.602. The number of rotatable bonds is 3. The molecule has 0 bridgehead atoms. The minimum absolute atomic E-state index is 0.0314. The normalized spacial score (nSPS) is 9.86. The lowest BCUT2D eigenvalue weighted by atomic mass is 10.1. The number of halogens is 1. The molecule has 0 saturated carbocycles. The van der Waals surface area contributed by atoms with Gasteiger partial charge in [-0.15, -0.1) is 11.3 Å². The van der Waals surface area contributed by atoms with Crippen LogP contribution in [0.2, 0.25) is 5.02 Å². The molecule has 5 nitrogen and oxygen atoms in total. The molecule has 0 aliphatic rings. The highest BCUT2D eigenvalue weighted by Gasteiger charge is 2.09. The maximum absolute atomic E-state index is 11.8. The first-order valence-corrected chi connectivity index (χ1v) is 7.89. The lowest BCUT2D eigenvalue weighted by molar-refractivity contribution is -0.119. The second-order valence-corrected chi connectivity index (χ2v) is 6.03. The Kier molecular flexibility index (Phi) is 5.88. The van der Waals surface area contributed by atoms with Crippen LogP contribution in [0.3, 0.4) is 0 Å². The maximum atomic E-state index is 11.8. The highest BCUT2D eigenvalue weighted by atomic mass is 35.5. The summed E-state index contributed by atoms with van der Waals surface area (Å²) in [7, 11) is 0. The number of hydrogen-bond donors (Lipinski definition) is 3. The largest absolute Gasteiger partial charge is 0.302 e. The minimum Gasteiger partial charge on any atom is -0.302 e. The number of hydrazine groups is 1. The molecule has 0 saturated heterocycles. The molecule has 3 N–H and O–H groups in total. The molecule has 8 heteroatoms. The molecule has 114 valence electrons. The molecular weight excluding hydrogens is 342 g/mol. The Labute approximate surface area is 141 Å². The van der Waals surface area contributed by atoms with E-state index in [0.717, 1.165) is 5.56 Å². The third kappa shape index (κ3) is 5.10. The van der Waals surface area contributed by atoms with Crippen molar-refractivity contribution in [1.29, 1.82) is 0 Å². The van der Waals surface area contributed by atoms with E-state index in [-0.39, 0.29) is 23.3 Å². The van der Waals surface area contributed by atoms with Gasteiger partial charge in [-0.2, -0.15) is 0 Å². The van der Waals surface area contributed by atoms with Crippen LogP contribution in [-0.2, 0) is 11.2 Å². The molecule has 0 atom stereocenters. The van der Waals surface area contributed by atoms with E-state index in [0.29, 0.717) is 9.90 Å². The van der Waals surface area contributed by atoms with Gasteiger partial charge in [-0.1, -0.05) is 29.8 Å². The topological polar surface area (TPSA) is 70.2 Å². The molecule has 2 rings (SSSR count). The van der Waals surface area contributed by atoms with Crippen LogP contribution in [0.25, 0.3) is 0 Å². The molecule has 2 aromatic rings. The van der Waals surface area contributed by atoms with Crippen LogP contribution in [0.15, 0.2) is 41.8 Å². The van der Waals surface area contributed by atoms with Gasteiger partial charge in [-0.05, 0) is 41.4 Å². The highest BCUT2D eigenvalue weighted by Crippen LogP contribution is 2.09. The summed E-state index contributed by atoms with van der Waals surface area (Å²) in [6.07, 6.45) is 0.165. The average molecular weight is 354 g/mol. The number of hydrogen-bond acceptors (Lipinski definition) is 4. The van der Waals surface area contributed by atoms with Crippen molar-refractivity contribution in [2.75, 3.05) is 0 Å². The van der Waals surface area contributed by atoms with Crippen molar-refractivity contribution in [2.24, 2.45) is 0 Å². The molecule has 2 amide bonds. The van der Waals surface area contributed by atoms with E-state index in [2.05, 4.69) is 16.2 Å². The standard InChI is InChI=1S/C14H12ClN3O2S2/c15-10-5-3-9(4-6-10)8-12(19)16-14(21)18-17-13(20)11-2-1-7-22-11/h1-7H,8H2,(H,17,20)(H2,16,18,19,21). The predicted octanol–water partition coefficient (Wildman–Crippen LogP) is 2.28. The molecule has 22 heavy (non-hydrogen) atoms. The fraction of sp³-hybridized carbons (Fsp3) is 0.0714. The maximum Gasteiger partial charge on any atom is 0.279 e. The molecule has 0 spiro atoms. The van der Waals surface area contributed by atoms with Gasteiger partial charge in [0.15, 0.2) is 5.11 Å². The Hall–Kier alpha value is -1.96. The lowest BCUT2D eigenvalue weighted by Gasteiger charge is -2.10. The van der Waals surface area contributed by atoms with Crippen molar-refractivity contribution in [3.05, 3.63) is 57.2 Å². The minimum atomic E-state index is -0.315. The van der Waals surface area contributed by atoms with Gasteiger partial charge in [0.2, 0.25) is 5.91 Å². The van der Waals surface area contributed by atoms with Crippen molar-refractivity contribution >= 4 is 52.1 Å². The second-order valence-electron chi connectivity index (χ2n) is 4.24. The van der Waals surface area contributed by atoms with Gasteiger partial charge in [0.25, 0.3) is 5.91 Å². The Morgan fingerprint density at radius 2 is 1.86 bits per heavy atom. The summed E-state index contributed by atoms with van der Waals surface area (Å²) < 4.78 is 0. The van der Waals surface area contributed by atoms with Gasteiger partial charge in [-0.3, -0.25) is 20.4 Å². The summed E-state index contributed by atoms with van der Waals surface area (Å²) in [5.41, 5.74) is 5.70. The molecular formula is C14H12ClN3O2S2. The van der Waals surface area contributed by atoms with Crippen LogP contribution >= 0.6 is 35.2 Å². The van der Waals surface area contributed by atoms with E-state index in [1.807, 2.05) is 0 Å². The average Bonchev–Trinajstić information content (AvgIpc) is 3.01. The van der Waals surface area contributed by atoms with Crippen molar-refractivity contribution in [3.8, 4) is 0 Å². The monoisotopic (exact) mass is 353 g/mol. The summed E-state index contributed by atoms with van der Waals surface area (Å²) in [5, 5.41) is 4.91. The van der Waals surface area contributed by atoms with E-state index in [9.17, 15) is 9.59 Å². The molecule has 1 heterocycles. The van der Waals surface area contributed by atoms with Crippen LogP contribution in [-0.4, -0.2) is 16.9 Å². The van der Waals surface area contributed by atoms with E-state index in [4.69, 9.17) is 23.8 Å². The van der Waals surface area contributed by atoms with Crippen LogP contribution in [0, 0.1) is 0 Å². The van der Waals surface area contributed by atoms with E-state index in [1.54, 1.807) is 41.8 Å². The van der Waals surface area contributed by atoms with Crippen molar-refractivity contribution in [2.45, 2.75) is 6.42 Å². The highest BCUT2D eigenvalue weighted by molar-refractivity contribution is 7.80. The zero-order chi connectivity index (χ0) is 15.9. The van der Waals surface area contributed by atoms with Gasteiger partial charge >= 0.3 is 0 Å². The third-order valence-electron chi connectivity index (χ3n) is 2.57. The third-order valence-corrected chi connectivity index (χ3v) is 3.89. The number of nitrogens with one attached hydrogen (secondary N) is 3. The van der Waals surface area contributed by atoms with Crippen molar-refractivity contribution < 1.29 is 9.59 Å². The van der Waals surface area contributed by atoms with Gasteiger partial charge in [0, 0.05) is 5.02 Å². The Balaban J connectivity index is 1.75. The summed E-state index contributed by atoms with van der Waals surface area (Å²) in [6.45, 7) is 0. The van der Waals surface area contributed by atoms with Gasteiger partial charge in [0.1, 0.15) is 0 Å². The first-order valence-electron chi connectivity index (χ1n) is 6.22. The Morgan fingerprint density at radius 1 is 1.14 bits per heavy atom. The second kappa shape index (κ2) is 7.88. The van der Waals surface area contributed by atoms with Gasteiger partial charge in [-0.25, -0.2) is 0 Å². The number of carbonyl (C=O) groups excluding carboxylic acids is 2. The first kappa shape index (κ1) is 16.4. The SMILES string of the molecule is O=C(Cc1ccc(Cl)cc1)NC(=S)NNC(=O)c1cccs1. The number of amides is 2. The summed E-state index contributed by atoms with van der Waals surface area (Å²) >= 11 is 12.0.